The standard InChI is InChI=1S/C14H16BrNO/c1-9-4-6-13(12(15)8-9)16-11(3)14-7-5-10(2)17-14/h4-8,11,16H,1-3H3. The number of aryl methyl sites for hydroxylation is 2. The molecule has 1 unspecified atom stereocenters. The smallest absolute Gasteiger partial charge is 0.126 e. The monoisotopic (exact) mass is 293 g/mol. The molecule has 0 spiro atoms. The van der Waals surface area contributed by atoms with Crippen LogP contribution in [0.2, 0.25) is 0 Å². The van der Waals surface area contributed by atoms with E-state index in [4.69, 9.17) is 4.42 Å². The van der Waals surface area contributed by atoms with E-state index in [1.165, 1.54) is 5.56 Å². The summed E-state index contributed by atoms with van der Waals surface area (Å²) in [4.78, 5) is 0. The second-order valence-electron chi connectivity index (χ2n) is 4.30. The van der Waals surface area contributed by atoms with Crippen molar-refractivity contribution in [3.63, 3.8) is 0 Å². The molecule has 0 saturated heterocycles. The average Bonchev–Trinajstić information content (AvgIpc) is 2.69. The summed E-state index contributed by atoms with van der Waals surface area (Å²) in [7, 11) is 0. The molecule has 1 heterocycles. The Kier molecular flexibility index (Phi) is 3.57. The van der Waals surface area contributed by atoms with Crippen LogP contribution in [-0.2, 0) is 0 Å². The van der Waals surface area contributed by atoms with Gasteiger partial charge in [-0.25, -0.2) is 0 Å². The van der Waals surface area contributed by atoms with E-state index in [2.05, 4.69) is 53.3 Å². The molecule has 1 aromatic heterocycles. The summed E-state index contributed by atoms with van der Waals surface area (Å²) >= 11 is 3.56. The maximum absolute atomic E-state index is 5.60. The highest BCUT2D eigenvalue weighted by atomic mass is 79.9. The summed E-state index contributed by atoms with van der Waals surface area (Å²) in [6.45, 7) is 6.12. The van der Waals surface area contributed by atoms with Crippen LogP contribution in [0.25, 0.3) is 0 Å². The predicted molar refractivity (Wildman–Crippen MR) is 74.4 cm³/mol. The van der Waals surface area contributed by atoms with Crippen LogP contribution in [0.15, 0.2) is 39.2 Å². The van der Waals surface area contributed by atoms with Crippen LogP contribution in [0.3, 0.4) is 0 Å². The third kappa shape index (κ3) is 2.91. The fourth-order valence-electron chi connectivity index (χ4n) is 1.73. The van der Waals surface area contributed by atoms with Gasteiger partial charge in [0, 0.05) is 10.2 Å². The Morgan fingerprint density at radius 3 is 2.53 bits per heavy atom. The molecule has 2 aromatic rings. The first-order valence-corrected chi connectivity index (χ1v) is 6.44. The largest absolute Gasteiger partial charge is 0.464 e. The van der Waals surface area contributed by atoms with Gasteiger partial charge in [0.25, 0.3) is 0 Å². The zero-order chi connectivity index (χ0) is 12.4. The molecule has 0 aliphatic rings. The van der Waals surface area contributed by atoms with E-state index in [1.807, 2.05) is 19.1 Å². The van der Waals surface area contributed by atoms with Gasteiger partial charge < -0.3 is 9.73 Å². The van der Waals surface area contributed by atoms with E-state index in [-0.39, 0.29) is 6.04 Å². The molecule has 0 aliphatic carbocycles. The molecule has 0 saturated carbocycles. The lowest BCUT2D eigenvalue weighted by atomic mass is 10.2. The maximum Gasteiger partial charge on any atom is 0.126 e. The molecule has 0 bridgehead atoms. The molecule has 3 heteroatoms. The van der Waals surface area contributed by atoms with E-state index in [9.17, 15) is 0 Å². The zero-order valence-electron chi connectivity index (χ0n) is 10.3. The summed E-state index contributed by atoms with van der Waals surface area (Å²) < 4.78 is 6.68. The normalized spacial score (nSPS) is 12.5. The lowest BCUT2D eigenvalue weighted by Crippen LogP contribution is -2.06. The van der Waals surface area contributed by atoms with E-state index >= 15 is 0 Å². The zero-order valence-corrected chi connectivity index (χ0v) is 11.8. The number of hydrogen-bond donors (Lipinski definition) is 1. The van der Waals surface area contributed by atoms with E-state index < -0.39 is 0 Å². The number of benzene rings is 1. The number of halogens is 1. The molecule has 0 radical (unpaired) electrons. The summed E-state index contributed by atoms with van der Waals surface area (Å²) in [5.74, 6) is 1.89. The van der Waals surface area contributed by atoms with Crippen molar-refractivity contribution in [3.05, 3.63) is 51.9 Å². The van der Waals surface area contributed by atoms with Gasteiger partial charge in [-0.3, -0.25) is 0 Å². The third-order valence-corrected chi connectivity index (χ3v) is 3.34. The minimum absolute atomic E-state index is 0.155. The highest BCUT2D eigenvalue weighted by Gasteiger charge is 2.10. The number of anilines is 1. The van der Waals surface area contributed by atoms with Crippen LogP contribution in [0.4, 0.5) is 5.69 Å². The Morgan fingerprint density at radius 1 is 1.18 bits per heavy atom. The molecule has 90 valence electrons. The van der Waals surface area contributed by atoms with Gasteiger partial charge in [0.05, 0.1) is 6.04 Å². The van der Waals surface area contributed by atoms with Crippen LogP contribution < -0.4 is 5.32 Å². The van der Waals surface area contributed by atoms with Crippen molar-refractivity contribution in [1.82, 2.24) is 0 Å². The van der Waals surface area contributed by atoms with Crippen molar-refractivity contribution >= 4 is 21.6 Å². The SMILES string of the molecule is Cc1ccc(NC(C)c2ccc(C)o2)c(Br)c1. The number of hydrogen-bond acceptors (Lipinski definition) is 2. The molecule has 0 aliphatic heterocycles. The van der Waals surface area contributed by atoms with Gasteiger partial charge in [-0.2, -0.15) is 0 Å². The van der Waals surface area contributed by atoms with Crippen molar-refractivity contribution in [2.45, 2.75) is 26.8 Å². The average molecular weight is 294 g/mol. The lowest BCUT2D eigenvalue weighted by molar-refractivity contribution is 0.467. The van der Waals surface area contributed by atoms with Gasteiger partial charge in [0.15, 0.2) is 0 Å². The quantitative estimate of drug-likeness (QED) is 0.877. The Bertz CT molecular complexity index is 519. The van der Waals surface area contributed by atoms with Crippen LogP contribution in [-0.4, -0.2) is 0 Å². The minimum atomic E-state index is 0.155. The first-order chi connectivity index (χ1) is 8.06. The van der Waals surface area contributed by atoms with Gasteiger partial charge >= 0.3 is 0 Å². The van der Waals surface area contributed by atoms with Crippen molar-refractivity contribution in [2.24, 2.45) is 0 Å². The fourth-order valence-corrected chi connectivity index (χ4v) is 2.34. The van der Waals surface area contributed by atoms with Crippen molar-refractivity contribution in [3.8, 4) is 0 Å². The van der Waals surface area contributed by atoms with Crippen molar-refractivity contribution < 1.29 is 4.42 Å². The van der Waals surface area contributed by atoms with Crippen LogP contribution in [0, 0.1) is 13.8 Å². The van der Waals surface area contributed by atoms with Crippen LogP contribution in [0.1, 0.15) is 30.0 Å². The van der Waals surface area contributed by atoms with Gasteiger partial charge in [-0.05, 0) is 66.5 Å². The Hall–Kier alpha value is -1.22. The van der Waals surface area contributed by atoms with Gasteiger partial charge in [-0.15, -0.1) is 0 Å². The maximum atomic E-state index is 5.60. The van der Waals surface area contributed by atoms with Gasteiger partial charge in [-0.1, -0.05) is 6.07 Å². The summed E-state index contributed by atoms with van der Waals surface area (Å²) in [6, 6.07) is 10.4. The van der Waals surface area contributed by atoms with Gasteiger partial charge in [0.2, 0.25) is 0 Å². The minimum Gasteiger partial charge on any atom is -0.464 e. The Morgan fingerprint density at radius 2 is 1.94 bits per heavy atom. The summed E-state index contributed by atoms with van der Waals surface area (Å²) in [5.41, 5.74) is 2.32. The number of nitrogens with one attached hydrogen (secondary N) is 1. The van der Waals surface area contributed by atoms with Crippen molar-refractivity contribution in [1.29, 1.82) is 0 Å². The van der Waals surface area contributed by atoms with Crippen LogP contribution >= 0.6 is 15.9 Å². The molecule has 1 N–H and O–H groups in total. The topological polar surface area (TPSA) is 25.2 Å². The van der Waals surface area contributed by atoms with E-state index in [0.29, 0.717) is 0 Å². The Balaban J connectivity index is 2.15. The molecule has 1 atom stereocenters. The number of furan rings is 1. The van der Waals surface area contributed by atoms with Crippen LogP contribution in [0.5, 0.6) is 0 Å². The molecule has 2 nitrogen and oxygen atoms in total. The fraction of sp³-hybridized carbons (Fsp3) is 0.286. The second kappa shape index (κ2) is 4.96. The molecule has 1 aromatic carbocycles. The third-order valence-electron chi connectivity index (χ3n) is 2.68. The van der Waals surface area contributed by atoms with Gasteiger partial charge in [0.1, 0.15) is 11.5 Å². The Labute approximate surface area is 110 Å². The molecule has 17 heavy (non-hydrogen) atoms. The molecule has 2 rings (SSSR count). The molecule has 0 fully saturated rings. The predicted octanol–water partition coefficient (Wildman–Crippen LogP) is 4.83. The first kappa shape index (κ1) is 12.2. The van der Waals surface area contributed by atoms with Crippen molar-refractivity contribution in [2.75, 3.05) is 5.32 Å². The first-order valence-electron chi connectivity index (χ1n) is 5.65. The lowest BCUT2D eigenvalue weighted by Gasteiger charge is -2.14. The summed E-state index contributed by atoms with van der Waals surface area (Å²) in [5, 5.41) is 3.43. The number of rotatable bonds is 3. The van der Waals surface area contributed by atoms with E-state index in [0.717, 1.165) is 21.7 Å². The molecule has 0 amide bonds. The summed E-state index contributed by atoms with van der Waals surface area (Å²) in [6.07, 6.45) is 0. The highest BCUT2D eigenvalue weighted by molar-refractivity contribution is 9.10. The van der Waals surface area contributed by atoms with E-state index in [1.54, 1.807) is 0 Å². The molecular formula is C14H16BrNO. The highest BCUT2D eigenvalue weighted by Crippen LogP contribution is 2.27. The molecular weight excluding hydrogens is 278 g/mol. The second-order valence-corrected chi connectivity index (χ2v) is 5.15.